The molecule has 0 saturated carbocycles. The van der Waals surface area contributed by atoms with E-state index in [-0.39, 0.29) is 17.3 Å². The van der Waals surface area contributed by atoms with Crippen LogP contribution in [0.3, 0.4) is 0 Å². The molecule has 1 aromatic carbocycles. The fourth-order valence-corrected chi connectivity index (χ4v) is 4.43. The second-order valence-electron chi connectivity index (χ2n) is 6.02. The molecule has 1 amide bonds. The van der Waals surface area contributed by atoms with Crippen LogP contribution in [0.15, 0.2) is 39.8 Å². The Bertz CT molecular complexity index is 891. The number of amides is 1. The van der Waals surface area contributed by atoms with Crippen molar-refractivity contribution in [2.45, 2.75) is 11.8 Å². The predicted octanol–water partition coefficient (Wildman–Crippen LogP) is 1.58. The van der Waals surface area contributed by atoms with Gasteiger partial charge in [0.1, 0.15) is 0 Å². The van der Waals surface area contributed by atoms with Crippen LogP contribution < -0.4 is 5.32 Å². The summed E-state index contributed by atoms with van der Waals surface area (Å²) in [5, 5.41) is 6.71. The number of nitrogens with one attached hydrogen (secondary N) is 1. The van der Waals surface area contributed by atoms with Crippen molar-refractivity contribution >= 4 is 33.4 Å². The number of carbonyl (C=O) groups is 1. The zero-order valence-electron chi connectivity index (χ0n) is 14.2. The first kappa shape index (κ1) is 18.8. The van der Waals surface area contributed by atoms with Crippen LogP contribution in [0.4, 0.5) is 5.88 Å². The Labute approximate surface area is 156 Å². The number of nitrogens with zero attached hydrogens (tertiary/aromatic N) is 3. The van der Waals surface area contributed by atoms with Gasteiger partial charge in [-0.15, -0.1) is 0 Å². The molecule has 0 bridgehead atoms. The lowest BCUT2D eigenvalue weighted by molar-refractivity contribution is -0.117. The zero-order valence-corrected chi connectivity index (χ0v) is 15.8. The summed E-state index contributed by atoms with van der Waals surface area (Å²) in [6, 6.07) is 7.85. The van der Waals surface area contributed by atoms with Crippen molar-refractivity contribution in [2.75, 3.05) is 38.0 Å². The van der Waals surface area contributed by atoms with Gasteiger partial charge in [0.15, 0.2) is 0 Å². The summed E-state index contributed by atoms with van der Waals surface area (Å²) in [6.45, 7) is 3.46. The smallest absolute Gasteiger partial charge is 0.243 e. The zero-order chi connectivity index (χ0) is 18.7. The van der Waals surface area contributed by atoms with Crippen LogP contribution in [0, 0.1) is 6.92 Å². The maximum absolute atomic E-state index is 12.7. The van der Waals surface area contributed by atoms with Crippen LogP contribution in [0.5, 0.6) is 0 Å². The fourth-order valence-electron chi connectivity index (χ4n) is 2.71. The number of benzene rings is 1. The maximum atomic E-state index is 12.7. The molecule has 0 spiro atoms. The standard InChI is InChI=1S/C16H19ClN4O4S/c1-12-9-16(25-19-12)18-15(22)11-20-5-7-21(8-6-20)26(23,24)14-4-2-3-13(17)10-14/h2-4,9-10H,5-8,11H2,1H3,(H,18,22). The Morgan fingerprint density at radius 3 is 2.62 bits per heavy atom. The topological polar surface area (TPSA) is 95.8 Å². The SMILES string of the molecule is Cc1cc(NC(=O)CN2CCN(S(=O)(=O)c3cccc(Cl)c3)CC2)on1. The van der Waals surface area contributed by atoms with E-state index in [1.54, 1.807) is 25.1 Å². The van der Waals surface area contributed by atoms with Crippen molar-refractivity contribution in [2.24, 2.45) is 0 Å². The number of aryl methyl sites for hydroxylation is 1. The largest absolute Gasteiger partial charge is 0.338 e. The van der Waals surface area contributed by atoms with Crippen molar-refractivity contribution in [1.29, 1.82) is 0 Å². The summed E-state index contributed by atoms with van der Waals surface area (Å²) in [5.41, 5.74) is 0.681. The first-order valence-corrected chi connectivity index (χ1v) is 9.87. The highest BCUT2D eigenvalue weighted by Gasteiger charge is 2.29. The average molecular weight is 399 g/mol. The quantitative estimate of drug-likeness (QED) is 0.821. The molecule has 1 aromatic heterocycles. The number of aromatic nitrogens is 1. The van der Waals surface area contributed by atoms with E-state index in [1.165, 1.54) is 16.4 Å². The normalized spacial score (nSPS) is 16.5. The van der Waals surface area contributed by atoms with Crippen LogP contribution >= 0.6 is 11.6 Å². The molecular weight excluding hydrogens is 380 g/mol. The van der Waals surface area contributed by atoms with Gasteiger partial charge >= 0.3 is 0 Å². The number of carbonyl (C=O) groups excluding carboxylic acids is 1. The molecule has 26 heavy (non-hydrogen) atoms. The predicted molar refractivity (Wildman–Crippen MR) is 96.5 cm³/mol. The van der Waals surface area contributed by atoms with Gasteiger partial charge in [-0.25, -0.2) is 8.42 Å². The third-order valence-electron chi connectivity index (χ3n) is 4.02. The average Bonchev–Trinajstić information content (AvgIpc) is 3.00. The van der Waals surface area contributed by atoms with E-state index in [1.807, 2.05) is 4.90 Å². The molecule has 140 valence electrons. The van der Waals surface area contributed by atoms with Gasteiger partial charge in [-0.2, -0.15) is 4.31 Å². The Kier molecular flexibility index (Phi) is 5.61. The third-order valence-corrected chi connectivity index (χ3v) is 6.15. The van der Waals surface area contributed by atoms with Gasteiger partial charge in [0.2, 0.25) is 21.8 Å². The number of halogens is 1. The van der Waals surface area contributed by atoms with Crippen molar-refractivity contribution in [3.8, 4) is 0 Å². The first-order chi connectivity index (χ1) is 12.3. The van der Waals surface area contributed by atoms with Gasteiger partial charge in [0, 0.05) is 37.3 Å². The number of anilines is 1. The van der Waals surface area contributed by atoms with Crippen LogP contribution in [0.2, 0.25) is 5.02 Å². The molecule has 8 nitrogen and oxygen atoms in total. The van der Waals surface area contributed by atoms with Crippen LogP contribution in [-0.2, 0) is 14.8 Å². The summed E-state index contributed by atoms with van der Waals surface area (Å²) >= 11 is 5.89. The van der Waals surface area contributed by atoms with E-state index >= 15 is 0 Å². The molecule has 1 saturated heterocycles. The van der Waals surface area contributed by atoms with Crippen LogP contribution in [0.1, 0.15) is 5.69 Å². The van der Waals surface area contributed by atoms with Crippen molar-refractivity contribution in [3.05, 3.63) is 41.0 Å². The molecule has 1 N–H and O–H groups in total. The lowest BCUT2D eigenvalue weighted by Gasteiger charge is -2.33. The molecule has 1 aliphatic rings. The Morgan fingerprint density at radius 1 is 1.27 bits per heavy atom. The second-order valence-corrected chi connectivity index (χ2v) is 8.39. The summed E-state index contributed by atoms with van der Waals surface area (Å²) in [5.74, 6) is 0.0713. The van der Waals surface area contributed by atoms with Crippen molar-refractivity contribution in [3.63, 3.8) is 0 Å². The molecule has 10 heteroatoms. The number of rotatable bonds is 5. The van der Waals surface area contributed by atoms with Gasteiger partial charge in [-0.3, -0.25) is 15.0 Å². The molecule has 0 atom stereocenters. The van der Waals surface area contributed by atoms with Crippen molar-refractivity contribution in [1.82, 2.24) is 14.4 Å². The maximum Gasteiger partial charge on any atom is 0.243 e. The Balaban J connectivity index is 1.54. The third kappa shape index (κ3) is 4.42. The molecule has 2 heterocycles. The Hall–Kier alpha value is -1.94. The van der Waals surface area contributed by atoms with Gasteiger partial charge < -0.3 is 4.52 Å². The van der Waals surface area contributed by atoms with Gasteiger partial charge in [0.25, 0.3) is 0 Å². The summed E-state index contributed by atoms with van der Waals surface area (Å²) in [7, 11) is -3.58. The van der Waals surface area contributed by atoms with E-state index in [0.717, 1.165) is 0 Å². The molecule has 3 rings (SSSR count). The highest BCUT2D eigenvalue weighted by atomic mass is 35.5. The van der Waals surface area contributed by atoms with Gasteiger partial charge in [-0.1, -0.05) is 22.8 Å². The van der Waals surface area contributed by atoms with E-state index in [4.69, 9.17) is 16.1 Å². The van der Waals surface area contributed by atoms with E-state index < -0.39 is 10.0 Å². The molecule has 1 aliphatic heterocycles. The minimum atomic E-state index is -3.58. The highest BCUT2D eigenvalue weighted by Crippen LogP contribution is 2.20. The van der Waals surface area contributed by atoms with Gasteiger partial charge in [-0.05, 0) is 25.1 Å². The lowest BCUT2D eigenvalue weighted by atomic mass is 10.3. The minimum absolute atomic E-state index is 0.158. The molecule has 1 fully saturated rings. The number of sulfonamides is 1. The van der Waals surface area contributed by atoms with E-state index in [0.29, 0.717) is 42.8 Å². The summed E-state index contributed by atoms with van der Waals surface area (Å²) in [6.07, 6.45) is 0. The van der Waals surface area contributed by atoms with Crippen LogP contribution in [0.25, 0.3) is 0 Å². The van der Waals surface area contributed by atoms with Gasteiger partial charge in [0.05, 0.1) is 17.1 Å². The van der Waals surface area contributed by atoms with E-state index in [9.17, 15) is 13.2 Å². The summed E-state index contributed by atoms with van der Waals surface area (Å²) in [4.78, 5) is 14.1. The minimum Gasteiger partial charge on any atom is -0.338 e. The number of hydrogen-bond acceptors (Lipinski definition) is 6. The van der Waals surface area contributed by atoms with E-state index in [2.05, 4.69) is 10.5 Å². The molecule has 2 aromatic rings. The number of piperazine rings is 1. The number of hydrogen-bond donors (Lipinski definition) is 1. The Morgan fingerprint density at radius 2 is 2.00 bits per heavy atom. The summed E-state index contributed by atoms with van der Waals surface area (Å²) < 4.78 is 31.7. The fraction of sp³-hybridized carbons (Fsp3) is 0.375. The monoisotopic (exact) mass is 398 g/mol. The lowest BCUT2D eigenvalue weighted by Crippen LogP contribution is -2.50. The molecule has 0 aliphatic carbocycles. The van der Waals surface area contributed by atoms with Crippen molar-refractivity contribution < 1.29 is 17.7 Å². The first-order valence-electron chi connectivity index (χ1n) is 8.06. The molecular formula is C16H19ClN4O4S. The molecule has 0 radical (unpaired) electrons. The van der Waals surface area contributed by atoms with Crippen LogP contribution in [-0.4, -0.2) is 61.4 Å². The molecule has 0 unspecified atom stereocenters. The highest BCUT2D eigenvalue weighted by molar-refractivity contribution is 7.89. The second kappa shape index (κ2) is 7.75.